The highest BCUT2D eigenvalue weighted by molar-refractivity contribution is 5.94. The predicted molar refractivity (Wildman–Crippen MR) is 97.1 cm³/mol. The van der Waals surface area contributed by atoms with E-state index in [0.29, 0.717) is 24.5 Å². The highest BCUT2D eigenvalue weighted by Crippen LogP contribution is 2.20. The molecule has 0 spiro atoms. The smallest absolute Gasteiger partial charge is 0.321 e. The van der Waals surface area contributed by atoms with E-state index in [1.807, 2.05) is 43.3 Å². The number of nitrogens with one attached hydrogen (secondary N) is 2. The maximum atomic E-state index is 12.0. The third-order valence-electron chi connectivity index (χ3n) is 3.90. The van der Waals surface area contributed by atoms with Crippen LogP contribution in [0.2, 0.25) is 0 Å². The minimum absolute atomic E-state index is 0.0558. The van der Waals surface area contributed by atoms with Crippen LogP contribution in [0.5, 0.6) is 5.75 Å². The minimum Gasteiger partial charge on any atom is -0.484 e. The second kappa shape index (κ2) is 7.70. The van der Waals surface area contributed by atoms with Crippen LogP contribution >= 0.6 is 0 Å². The first kappa shape index (κ1) is 16.8. The lowest BCUT2D eigenvalue weighted by Gasteiger charge is -2.27. The summed E-state index contributed by atoms with van der Waals surface area (Å²) in [7, 11) is 0. The molecule has 6 heteroatoms. The summed E-state index contributed by atoms with van der Waals surface area (Å²) in [5.41, 5.74) is 2.56. The fraction of sp³-hybridized carbons (Fsp3) is 0.263. The van der Waals surface area contributed by atoms with Gasteiger partial charge in [0.2, 0.25) is 0 Å². The van der Waals surface area contributed by atoms with E-state index in [-0.39, 0.29) is 18.5 Å². The van der Waals surface area contributed by atoms with Crippen LogP contribution in [0.1, 0.15) is 12.0 Å². The van der Waals surface area contributed by atoms with Gasteiger partial charge in [0.15, 0.2) is 6.61 Å². The summed E-state index contributed by atoms with van der Waals surface area (Å²) in [5, 5.41) is 5.60. The quantitative estimate of drug-likeness (QED) is 0.880. The number of nitrogens with zero attached hydrogens (tertiary/aromatic N) is 1. The number of rotatable bonds is 5. The number of urea groups is 1. The first-order chi connectivity index (χ1) is 12.1. The zero-order chi connectivity index (χ0) is 17.6. The molecule has 0 aromatic heterocycles. The van der Waals surface area contributed by atoms with Crippen molar-refractivity contribution in [3.05, 3.63) is 54.1 Å². The minimum atomic E-state index is -0.232. The third kappa shape index (κ3) is 4.50. The molecule has 25 heavy (non-hydrogen) atoms. The number of carbonyl (C=O) groups excluding carboxylic acids is 2. The summed E-state index contributed by atoms with van der Waals surface area (Å²) in [6.07, 6.45) is 0.917. The highest BCUT2D eigenvalue weighted by atomic mass is 16.5. The molecule has 3 rings (SSSR count). The van der Waals surface area contributed by atoms with Crippen LogP contribution in [0.25, 0.3) is 0 Å². The molecular weight excluding hydrogens is 318 g/mol. The Morgan fingerprint density at radius 3 is 2.76 bits per heavy atom. The van der Waals surface area contributed by atoms with Gasteiger partial charge in [-0.05, 0) is 55.3 Å². The Labute approximate surface area is 146 Å². The molecule has 3 amide bonds. The molecule has 1 heterocycles. The molecule has 2 aromatic carbocycles. The van der Waals surface area contributed by atoms with Gasteiger partial charge in [-0.15, -0.1) is 0 Å². The topological polar surface area (TPSA) is 70.7 Å². The number of anilines is 2. The maximum Gasteiger partial charge on any atom is 0.321 e. The Morgan fingerprint density at radius 1 is 1.24 bits per heavy atom. The Bertz CT molecular complexity index is 759. The van der Waals surface area contributed by atoms with E-state index in [0.717, 1.165) is 17.7 Å². The summed E-state index contributed by atoms with van der Waals surface area (Å²) in [4.78, 5) is 25.5. The van der Waals surface area contributed by atoms with Crippen LogP contribution in [0.4, 0.5) is 16.2 Å². The van der Waals surface area contributed by atoms with E-state index in [1.54, 1.807) is 17.0 Å². The fourth-order valence-corrected chi connectivity index (χ4v) is 2.65. The Balaban J connectivity index is 1.54. The summed E-state index contributed by atoms with van der Waals surface area (Å²) in [6.45, 7) is 3.32. The van der Waals surface area contributed by atoms with Crippen molar-refractivity contribution in [2.24, 2.45) is 0 Å². The predicted octanol–water partition coefficient (Wildman–Crippen LogP) is 2.93. The largest absolute Gasteiger partial charge is 0.484 e. The molecule has 0 bridgehead atoms. The van der Waals surface area contributed by atoms with Gasteiger partial charge in [-0.25, -0.2) is 4.79 Å². The standard InChI is InChI=1S/C19H21N3O3/c1-14-4-2-5-17(12-14)25-13-18(23)21-15-6-8-16(9-7-15)22-11-3-10-20-19(22)24/h2,4-9,12H,3,10-11,13H2,1H3,(H,20,24)(H,21,23). The van der Waals surface area contributed by atoms with Gasteiger partial charge in [-0.3, -0.25) is 9.69 Å². The molecular formula is C19H21N3O3. The number of aryl methyl sites for hydroxylation is 1. The summed E-state index contributed by atoms with van der Waals surface area (Å²) >= 11 is 0. The van der Waals surface area contributed by atoms with E-state index in [9.17, 15) is 9.59 Å². The SMILES string of the molecule is Cc1cccc(OCC(=O)Nc2ccc(N3CCCNC3=O)cc2)c1. The first-order valence-electron chi connectivity index (χ1n) is 8.26. The summed E-state index contributed by atoms with van der Waals surface area (Å²) in [5.74, 6) is 0.437. The lowest BCUT2D eigenvalue weighted by molar-refractivity contribution is -0.118. The van der Waals surface area contributed by atoms with Gasteiger partial charge in [0.1, 0.15) is 5.75 Å². The van der Waals surface area contributed by atoms with Crippen LogP contribution in [0.3, 0.4) is 0 Å². The van der Waals surface area contributed by atoms with Crippen molar-refractivity contribution >= 4 is 23.3 Å². The van der Waals surface area contributed by atoms with Gasteiger partial charge >= 0.3 is 6.03 Å². The van der Waals surface area contributed by atoms with Crippen LogP contribution in [0.15, 0.2) is 48.5 Å². The lowest BCUT2D eigenvalue weighted by Crippen LogP contribution is -2.46. The van der Waals surface area contributed by atoms with Crippen molar-refractivity contribution in [1.29, 1.82) is 0 Å². The monoisotopic (exact) mass is 339 g/mol. The zero-order valence-corrected chi connectivity index (χ0v) is 14.1. The Hall–Kier alpha value is -3.02. The highest BCUT2D eigenvalue weighted by Gasteiger charge is 2.18. The zero-order valence-electron chi connectivity index (χ0n) is 14.1. The van der Waals surface area contributed by atoms with E-state index in [2.05, 4.69) is 10.6 Å². The number of carbonyl (C=O) groups is 2. The molecule has 2 N–H and O–H groups in total. The van der Waals surface area contributed by atoms with Crippen LogP contribution in [-0.4, -0.2) is 31.6 Å². The molecule has 130 valence electrons. The molecule has 2 aromatic rings. The van der Waals surface area contributed by atoms with Crippen molar-refractivity contribution in [2.75, 3.05) is 29.9 Å². The van der Waals surface area contributed by atoms with E-state index in [4.69, 9.17) is 4.74 Å². The maximum absolute atomic E-state index is 12.0. The number of ether oxygens (including phenoxy) is 1. The molecule has 0 unspecified atom stereocenters. The summed E-state index contributed by atoms with van der Waals surface area (Å²) < 4.78 is 5.48. The normalized spacial score (nSPS) is 14.0. The first-order valence-corrected chi connectivity index (χ1v) is 8.26. The van der Waals surface area contributed by atoms with Gasteiger partial charge in [-0.2, -0.15) is 0 Å². The Morgan fingerprint density at radius 2 is 2.04 bits per heavy atom. The van der Waals surface area contributed by atoms with Crippen molar-refractivity contribution < 1.29 is 14.3 Å². The van der Waals surface area contributed by atoms with E-state index >= 15 is 0 Å². The van der Waals surface area contributed by atoms with E-state index < -0.39 is 0 Å². The number of amides is 3. The van der Waals surface area contributed by atoms with Crippen molar-refractivity contribution in [1.82, 2.24) is 5.32 Å². The molecule has 0 atom stereocenters. The third-order valence-corrected chi connectivity index (χ3v) is 3.90. The lowest BCUT2D eigenvalue weighted by atomic mass is 10.2. The van der Waals surface area contributed by atoms with E-state index in [1.165, 1.54) is 0 Å². The molecule has 0 radical (unpaired) electrons. The second-order valence-electron chi connectivity index (χ2n) is 5.94. The van der Waals surface area contributed by atoms with Crippen molar-refractivity contribution in [3.8, 4) is 5.75 Å². The number of hydrogen-bond acceptors (Lipinski definition) is 3. The van der Waals surface area contributed by atoms with Gasteiger partial charge in [-0.1, -0.05) is 12.1 Å². The second-order valence-corrected chi connectivity index (χ2v) is 5.94. The van der Waals surface area contributed by atoms with Gasteiger partial charge < -0.3 is 15.4 Å². The number of hydrogen-bond donors (Lipinski definition) is 2. The average molecular weight is 339 g/mol. The Kier molecular flexibility index (Phi) is 5.18. The molecule has 1 fully saturated rings. The molecule has 0 aliphatic carbocycles. The molecule has 1 saturated heterocycles. The van der Waals surface area contributed by atoms with Crippen LogP contribution < -0.4 is 20.3 Å². The van der Waals surface area contributed by atoms with Crippen LogP contribution in [0, 0.1) is 6.92 Å². The number of benzene rings is 2. The van der Waals surface area contributed by atoms with Gasteiger partial charge in [0, 0.05) is 24.5 Å². The average Bonchev–Trinajstić information content (AvgIpc) is 2.61. The summed E-state index contributed by atoms with van der Waals surface area (Å²) in [6, 6.07) is 14.7. The fourth-order valence-electron chi connectivity index (χ4n) is 2.65. The molecule has 1 aliphatic heterocycles. The molecule has 0 saturated carbocycles. The van der Waals surface area contributed by atoms with Crippen molar-refractivity contribution in [3.63, 3.8) is 0 Å². The van der Waals surface area contributed by atoms with Gasteiger partial charge in [0.05, 0.1) is 0 Å². The molecule has 6 nitrogen and oxygen atoms in total. The van der Waals surface area contributed by atoms with Gasteiger partial charge in [0.25, 0.3) is 5.91 Å². The van der Waals surface area contributed by atoms with Crippen molar-refractivity contribution in [2.45, 2.75) is 13.3 Å². The molecule has 1 aliphatic rings. The van der Waals surface area contributed by atoms with Crippen LogP contribution in [-0.2, 0) is 4.79 Å².